The molecule has 1 saturated heterocycles. The van der Waals surface area contributed by atoms with Crippen molar-refractivity contribution in [2.75, 3.05) is 6.54 Å². The quantitative estimate of drug-likeness (QED) is 0.459. The minimum Gasteiger partial charge on any atom is -0.363 e. The number of rotatable bonds is 0. The van der Waals surface area contributed by atoms with Gasteiger partial charge in [-0.15, -0.1) is 0 Å². The summed E-state index contributed by atoms with van der Waals surface area (Å²) in [7, 11) is 0. The van der Waals surface area contributed by atoms with Gasteiger partial charge in [0.2, 0.25) is 0 Å². The first-order valence-electron chi connectivity index (χ1n) is 2.83. The minimum atomic E-state index is 0.559. The van der Waals surface area contributed by atoms with E-state index >= 15 is 0 Å². The maximum absolute atomic E-state index is 4.86. The van der Waals surface area contributed by atoms with Crippen molar-refractivity contribution in [3.8, 4) is 0 Å². The molecule has 0 spiro atoms. The second-order valence-electron chi connectivity index (χ2n) is 2.09. The summed E-state index contributed by atoms with van der Waals surface area (Å²) >= 11 is 4.86. The lowest BCUT2D eigenvalue weighted by molar-refractivity contribution is 0.552. The van der Waals surface area contributed by atoms with Crippen LogP contribution in [0.25, 0.3) is 0 Å². The summed E-state index contributed by atoms with van der Waals surface area (Å²) in [6, 6.07) is 0.559. The summed E-state index contributed by atoms with van der Waals surface area (Å²) in [6.45, 7) is 3.15. The summed E-state index contributed by atoms with van der Waals surface area (Å²) in [5.74, 6) is 0. The third-order valence-corrected chi connectivity index (χ3v) is 1.50. The molecule has 2 nitrogen and oxygen atoms in total. The first kappa shape index (κ1) is 5.82. The molecule has 0 aromatic carbocycles. The minimum absolute atomic E-state index is 0.559. The zero-order valence-electron chi connectivity index (χ0n) is 4.90. The van der Waals surface area contributed by atoms with Crippen LogP contribution in [0, 0.1) is 0 Å². The van der Waals surface area contributed by atoms with Gasteiger partial charge < -0.3 is 10.6 Å². The fourth-order valence-corrected chi connectivity index (χ4v) is 1.05. The molecule has 0 radical (unpaired) electrons. The highest BCUT2D eigenvalue weighted by molar-refractivity contribution is 7.80. The molecule has 1 aliphatic heterocycles. The van der Waals surface area contributed by atoms with Gasteiger partial charge in [0, 0.05) is 12.6 Å². The van der Waals surface area contributed by atoms with Gasteiger partial charge >= 0.3 is 0 Å². The normalized spacial score (nSPS) is 28.6. The average molecular weight is 130 g/mol. The number of thiocarbonyl (C=S) groups is 1. The lowest BCUT2D eigenvalue weighted by Gasteiger charge is -2.22. The predicted octanol–water partition coefficient (Wildman–Crippen LogP) is 0.243. The molecule has 0 saturated carbocycles. The third kappa shape index (κ3) is 1.33. The average Bonchev–Trinajstić information content (AvgIpc) is 1.64. The zero-order chi connectivity index (χ0) is 5.98. The summed E-state index contributed by atoms with van der Waals surface area (Å²) in [4.78, 5) is 0. The molecule has 1 fully saturated rings. The molecule has 46 valence electrons. The number of nitrogens with one attached hydrogen (secondary N) is 2. The molecule has 0 bridgehead atoms. The zero-order valence-corrected chi connectivity index (χ0v) is 5.72. The molecule has 3 heteroatoms. The van der Waals surface area contributed by atoms with Crippen molar-refractivity contribution in [2.24, 2.45) is 0 Å². The lowest BCUT2D eigenvalue weighted by Crippen LogP contribution is -2.47. The molecule has 1 aliphatic rings. The van der Waals surface area contributed by atoms with Gasteiger partial charge in [-0.3, -0.25) is 0 Å². The van der Waals surface area contributed by atoms with Crippen molar-refractivity contribution in [2.45, 2.75) is 19.4 Å². The van der Waals surface area contributed by atoms with Crippen LogP contribution in [-0.2, 0) is 0 Å². The summed E-state index contributed by atoms with van der Waals surface area (Å²) in [5, 5.41) is 6.93. The fourth-order valence-electron chi connectivity index (χ4n) is 0.749. The number of hydrogen-bond donors (Lipinski definition) is 2. The largest absolute Gasteiger partial charge is 0.363 e. The first-order chi connectivity index (χ1) is 3.79. The van der Waals surface area contributed by atoms with Crippen molar-refractivity contribution in [1.82, 2.24) is 10.6 Å². The second-order valence-corrected chi connectivity index (χ2v) is 2.50. The highest BCUT2D eigenvalue weighted by atomic mass is 32.1. The number of hydrogen-bond acceptors (Lipinski definition) is 1. The maximum atomic E-state index is 4.86. The molecule has 1 heterocycles. The van der Waals surface area contributed by atoms with E-state index in [-0.39, 0.29) is 0 Å². The van der Waals surface area contributed by atoms with Crippen molar-refractivity contribution < 1.29 is 0 Å². The Balaban J connectivity index is 2.34. The van der Waals surface area contributed by atoms with E-state index in [2.05, 4.69) is 17.6 Å². The van der Waals surface area contributed by atoms with E-state index in [0.29, 0.717) is 6.04 Å². The van der Waals surface area contributed by atoms with E-state index in [1.54, 1.807) is 0 Å². The van der Waals surface area contributed by atoms with E-state index in [4.69, 9.17) is 12.2 Å². The van der Waals surface area contributed by atoms with Gasteiger partial charge in [0.15, 0.2) is 5.11 Å². The molecule has 0 aliphatic carbocycles. The van der Waals surface area contributed by atoms with Gasteiger partial charge in [-0.25, -0.2) is 0 Å². The van der Waals surface area contributed by atoms with Crippen LogP contribution in [0.5, 0.6) is 0 Å². The Bertz CT molecular complexity index is 103. The molecule has 0 aromatic heterocycles. The van der Waals surface area contributed by atoms with Crippen LogP contribution in [0.3, 0.4) is 0 Å². The summed E-state index contributed by atoms with van der Waals surface area (Å²) < 4.78 is 0. The Labute approximate surface area is 54.7 Å². The van der Waals surface area contributed by atoms with Crippen molar-refractivity contribution in [3.05, 3.63) is 0 Å². The molecular formula is C5H10N2S. The molecule has 8 heavy (non-hydrogen) atoms. The Hall–Kier alpha value is -0.310. The summed E-state index contributed by atoms with van der Waals surface area (Å²) in [5.41, 5.74) is 0. The Kier molecular flexibility index (Phi) is 1.68. The van der Waals surface area contributed by atoms with Crippen LogP contribution in [-0.4, -0.2) is 17.7 Å². The topological polar surface area (TPSA) is 24.1 Å². The van der Waals surface area contributed by atoms with Crippen LogP contribution in [0.4, 0.5) is 0 Å². The van der Waals surface area contributed by atoms with Crippen LogP contribution in [0.1, 0.15) is 13.3 Å². The Morgan fingerprint density at radius 2 is 2.50 bits per heavy atom. The van der Waals surface area contributed by atoms with Gasteiger partial charge in [0.25, 0.3) is 0 Å². The standard InChI is InChI=1S/C5H10N2S/c1-4-2-3-6-5(8)7-4/h4H,2-3H2,1H3,(H2,6,7,8)/t4-/m1/s1. The van der Waals surface area contributed by atoms with Crippen molar-refractivity contribution >= 4 is 17.3 Å². The monoisotopic (exact) mass is 130 g/mol. The smallest absolute Gasteiger partial charge is 0.166 e. The van der Waals surface area contributed by atoms with Gasteiger partial charge in [-0.05, 0) is 25.6 Å². The predicted molar refractivity (Wildman–Crippen MR) is 37.8 cm³/mol. The second kappa shape index (κ2) is 2.31. The summed E-state index contributed by atoms with van der Waals surface area (Å²) in [6.07, 6.45) is 1.17. The van der Waals surface area contributed by atoms with E-state index in [1.165, 1.54) is 6.42 Å². The van der Waals surface area contributed by atoms with Gasteiger partial charge in [0.05, 0.1) is 0 Å². The lowest BCUT2D eigenvalue weighted by atomic mass is 10.2. The van der Waals surface area contributed by atoms with Crippen molar-refractivity contribution in [1.29, 1.82) is 0 Å². The van der Waals surface area contributed by atoms with Gasteiger partial charge in [0.1, 0.15) is 0 Å². The molecule has 1 atom stereocenters. The molecule has 0 aromatic rings. The Morgan fingerprint density at radius 3 is 2.88 bits per heavy atom. The highest BCUT2D eigenvalue weighted by Crippen LogP contribution is 1.92. The molecule has 0 unspecified atom stereocenters. The van der Waals surface area contributed by atoms with Crippen LogP contribution in [0.2, 0.25) is 0 Å². The maximum Gasteiger partial charge on any atom is 0.166 e. The van der Waals surface area contributed by atoms with E-state index in [1.807, 2.05) is 0 Å². The molecular weight excluding hydrogens is 120 g/mol. The van der Waals surface area contributed by atoms with E-state index < -0.39 is 0 Å². The van der Waals surface area contributed by atoms with Crippen LogP contribution in [0.15, 0.2) is 0 Å². The molecule has 2 N–H and O–H groups in total. The molecule has 0 amide bonds. The first-order valence-corrected chi connectivity index (χ1v) is 3.24. The highest BCUT2D eigenvalue weighted by Gasteiger charge is 2.07. The van der Waals surface area contributed by atoms with Crippen LogP contribution < -0.4 is 10.6 Å². The molecule has 1 rings (SSSR count). The Morgan fingerprint density at radius 1 is 1.75 bits per heavy atom. The van der Waals surface area contributed by atoms with Gasteiger partial charge in [-0.2, -0.15) is 0 Å². The van der Waals surface area contributed by atoms with E-state index in [0.717, 1.165) is 11.7 Å². The fraction of sp³-hybridized carbons (Fsp3) is 0.800. The van der Waals surface area contributed by atoms with E-state index in [9.17, 15) is 0 Å². The van der Waals surface area contributed by atoms with Crippen LogP contribution >= 0.6 is 12.2 Å². The van der Waals surface area contributed by atoms with Crippen molar-refractivity contribution in [3.63, 3.8) is 0 Å². The van der Waals surface area contributed by atoms with Gasteiger partial charge in [-0.1, -0.05) is 0 Å². The third-order valence-electron chi connectivity index (χ3n) is 1.24. The SMILES string of the molecule is C[C@@H]1CCNC(=S)N1.